The summed E-state index contributed by atoms with van der Waals surface area (Å²) in [6.07, 6.45) is 1.20. The molecular formula is C16H22FNO3. The second-order valence-corrected chi connectivity index (χ2v) is 5.59. The number of nitrogens with one attached hydrogen (secondary N) is 1. The van der Waals surface area contributed by atoms with Crippen LogP contribution in [0.3, 0.4) is 0 Å². The van der Waals surface area contributed by atoms with Crippen molar-refractivity contribution in [2.24, 2.45) is 0 Å². The number of hydrogen-bond acceptors (Lipinski definition) is 2. The maximum Gasteiger partial charge on any atom is 0.329 e. The topological polar surface area (TPSA) is 66.4 Å². The molecule has 0 saturated heterocycles. The minimum absolute atomic E-state index is 0.106. The van der Waals surface area contributed by atoms with E-state index in [1.165, 1.54) is 19.1 Å². The summed E-state index contributed by atoms with van der Waals surface area (Å²) in [7, 11) is 0. The molecule has 1 rings (SSSR count). The minimum atomic E-state index is -1.24. The summed E-state index contributed by atoms with van der Waals surface area (Å²) in [5.41, 5.74) is -0.395. The Morgan fingerprint density at radius 2 is 1.90 bits per heavy atom. The molecule has 0 bridgehead atoms. The van der Waals surface area contributed by atoms with Crippen molar-refractivity contribution in [1.82, 2.24) is 5.32 Å². The van der Waals surface area contributed by atoms with Crippen LogP contribution in [0, 0.1) is 5.82 Å². The van der Waals surface area contributed by atoms with E-state index in [4.69, 9.17) is 0 Å². The Labute approximate surface area is 124 Å². The standard InChI is InChI=1S/C16H22FNO3/c1-4-9-16(3,15(20)21)18-14(19)10-11(2)12-5-7-13(17)8-6-12/h5-8,11H,4,9-10H2,1-3H3,(H,18,19)(H,20,21). The van der Waals surface area contributed by atoms with Crippen molar-refractivity contribution < 1.29 is 19.1 Å². The average molecular weight is 295 g/mol. The van der Waals surface area contributed by atoms with Gasteiger partial charge in [0.25, 0.3) is 0 Å². The van der Waals surface area contributed by atoms with Gasteiger partial charge in [-0.05, 0) is 37.0 Å². The Morgan fingerprint density at radius 1 is 1.33 bits per heavy atom. The van der Waals surface area contributed by atoms with Gasteiger partial charge < -0.3 is 10.4 Å². The van der Waals surface area contributed by atoms with E-state index >= 15 is 0 Å². The molecule has 2 unspecified atom stereocenters. The molecule has 1 aromatic rings. The molecule has 0 radical (unpaired) electrons. The van der Waals surface area contributed by atoms with Gasteiger partial charge in [-0.3, -0.25) is 4.79 Å². The maximum absolute atomic E-state index is 12.9. The van der Waals surface area contributed by atoms with Gasteiger partial charge in [0.05, 0.1) is 0 Å². The fourth-order valence-corrected chi connectivity index (χ4v) is 2.27. The van der Waals surface area contributed by atoms with E-state index in [1.807, 2.05) is 13.8 Å². The first-order valence-electron chi connectivity index (χ1n) is 7.08. The number of amides is 1. The SMILES string of the molecule is CCCC(C)(NC(=O)CC(C)c1ccc(F)cc1)C(=O)O. The molecule has 1 aromatic carbocycles. The second-order valence-electron chi connectivity index (χ2n) is 5.59. The third-order valence-corrected chi connectivity index (χ3v) is 3.57. The monoisotopic (exact) mass is 295 g/mol. The van der Waals surface area contributed by atoms with E-state index in [0.29, 0.717) is 12.8 Å². The van der Waals surface area contributed by atoms with Crippen molar-refractivity contribution in [3.8, 4) is 0 Å². The average Bonchev–Trinajstić information content (AvgIpc) is 2.39. The molecule has 0 saturated carbocycles. The lowest BCUT2D eigenvalue weighted by atomic mass is 9.93. The molecule has 5 heteroatoms. The summed E-state index contributed by atoms with van der Waals surface area (Å²) < 4.78 is 12.9. The van der Waals surface area contributed by atoms with Crippen molar-refractivity contribution >= 4 is 11.9 Å². The molecule has 21 heavy (non-hydrogen) atoms. The van der Waals surface area contributed by atoms with Gasteiger partial charge in [0, 0.05) is 6.42 Å². The molecule has 4 nitrogen and oxygen atoms in total. The number of hydrogen-bond donors (Lipinski definition) is 2. The van der Waals surface area contributed by atoms with E-state index in [0.717, 1.165) is 5.56 Å². The predicted octanol–water partition coefficient (Wildman–Crippen LogP) is 3.08. The van der Waals surface area contributed by atoms with Crippen molar-refractivity contribution in [3.63, 3.8) is 0 Å². The normalized spacial score (nSPS) is 15.0. The Kier molecular flexibility index (Phi) is 5.88. The summed E-state index contributed by atoms with van der Waals surface area (Å²) >= 11 is 0. The lowest BCUT2D eigenvalue weighted by Crippen LogP contribution is -2.52. The predicted molar refractivity (Wildman–Crippen MR) is 78.5 cm³/mol. The van der Waals surface area contributed by atoms with Gasteiger partial charge in [0.1, 0.15) is 11.4 Å². The molecule has 116 valence electrons. The van der Waals surface area contributed by atoms with Crippen LogP contribution in [0.25, 0.3) is 0 Å². The van der Waals surface area contributed by atoms with Gasteiger partial charge >= 0.3 is 5.97 Å². The Morgan fingerprint density at radius 3 is 2.38 bits per heavy atom. The van der Waals surface area contributed by atoms with Gasteiger partial charge in [-0.25, -0.2) is 9.18 Å². The quantitative estimate of drug-likeness (QED) is 0.812. The van der Waals surface area contributed by atoms with Crippen LogP contribution in [0.4, 0.5) is 4.39 Å². The summed E-state index contributed by atoms with van der Waals surface area (Å²) in [5, 5.41) is 11.8. The highest BCUT2D eigenvalue weighted by atomic mass is 19.1. The van der Waals surface area contributed by atoms with Gasteiger partial charge in [-0.1, -0.05) is 32.4 Å². The number of benzene rings is 1. The molecular weight excluding hydrogens is 273 g/mol. The van der Waals surface area contributed by atoms with Crippen molar-refractivity contribution in [1.29, 1.82) is 0 Å². The largest absolute Gasteiger partial charge is 0.480 e. The van der Waals surface area contributed by atoms with E-state index in [9.17, 15) is 19.1 Å². The molecule has 0 fully saturated rings. The van der Waals surface area contributed by atoms with Crippen LogP contribution in [0.5, 0.6) is 0 Å². The lowest BCUT2D eigenvalue weighted by Gasteiger charge is -2.26. The highest BCUT2D eigenvalue weighted by Crippen LogP contribution is 2.20. The van der Waals surface area contributed by atoms with Gasteiger partial charge in [-0.15, -0.1) is 0 Å². The third kappa shape index (κ3) is 4.85. The van der Waals surface area contributed by atoms with E-state index in [-0.39, 0.29) is 24.1 Å². The number of rotatable bonds is 7. The maximum atomic E-state index is 12.9. The van der Waals surface area contributed by atoms with Gasteiger partial charge in [0.15, 0.2) is 0 Å². The molecule has 0 heterocycles. The fourth-order valence-electron chi connectivity index (χ4n) is 2.27. The Bertz CT molecular complexity index is 501. The molecule has 0 aliphatic carbocycles. The molecule has 0 aromatic heterocycles. The zero-order valence-corrected chi connectivity index (χ0v) is 12.6. The van der Waals surface area contributed by atoms with Crippen molar-refractivity contribution in [3.05, 3.63) is 35.6 Å². The van der Waals surface area contributed by atoms with Gasteiger partial charge in [0.2, 0.25) is 5.91 Å². The summed E-state index contributed by atoms with van der Waals surface area (Å²) in [6.45, 7) is 5.23. The van der Waals surface area contributed by atoms with Crippen LogP contribution in [0.2, 0.25) is 0 Å². The van der Waals surface area contributed by atoms with Crippen LogP contribution >= 0.6 is 0 Å². The molecule has 0 aliphatic heterocycles. The highest BCUT2D eigenvalue weighted by Gasteiger charge is 2.33. The first kappa shape index (κ1) is 17.1. The number of aliphatic carboxylic acids is 1. The lowest BCUT2D eigenvalue weighted by molar-refractivity contribution is -0.147. The number of halogens is 1. The van der Waals surface area contributed by atoms with Crippen molar-refractivity contribution in [2.75, 3.05) is 0 Å². The summed E-state index contributed by atoms with van der Waals surface area (Å²) in [4.78, 5) is 23.3. The van der Waals surface area contributed by atoms with E-state index in [1.54, 1.807) is 12.1 Å². The number of carboxylic acid groups (broad SMARTS) is 1. The molecule has 0 aliphatic rings. The number of carbonyl (C=O) groups excluding carboxylic acids is 1. The smallest absolute Gasteiger partial charge is 0.329 e. The van der Waals surface area contributed by atoms with Crippen LogP contribution in [0.15, 0.2) is 24.3 Å². The first-order valence-corrected chi connectivity index (χ1v) is 7.08. The molecule has 0 spiro atoms. The number of carbonyl (C=O) groups is 2. The van der Waals surface area contributed by atoms with Crippen LogP contribution in [0.1, 0.15) is 51.5 Å². The van der Waals surface area contributed by atoms with E-state index < -0.39 is 11.5 Å². The molecule has 2 atom stereocenters. The second kappa shape index (κ2) is 7.20. The summed E-state index contributed by atoms with van der Waals surface area (Å²) in [5.74, 6) is -1.78. The van der Waals surface area contributed by atoms with Gasteiger partial charge in [-0.2, -0.15) is 0 Å². The zero-order chi connectivity index (χ0) is 16.0. The molecule has 2 N–H and O–H groups in total. The zero-order valence-electron chi connectivity index (χ0n) is 12.6. The fraction of sp³-hybridized carbons (Fsp3) is 0.500. The van der Waals surface area contributed by atoms with E-state index in [2.05, 4.69) is 5.32 Å². The van der Waals surface area contributed by atoms with Crippen LogP contribution < -0.4 is 5.32 Å². The van der Waals surface area contributed by atoms with Crippen molar-refractivity contribution in [2.45, 2.75) is 51.5 Å². The third-order valence-electron chi connectivity index (χ3n) is 3.57. The van der Waals surface area contributed by atoms with Crippen LogP contribution in [-0.2, 0) is 9.59 Å². The summed E-state index contributed by atoms with van der Waals surface area (Å²) in [6, 6.07) is 5.97. The molecule has 1 amide bonds. The Balaban J connectivity index is 2.67. The minimum Gasteiger partial charge on any atom is -0.480 e. The van der Waals surface area contributed by atoms with Crippen LogP contribution in [-0.4, -0.2) is 22.5 Å². The number of carboxylic acids is 1. The Hall–Kier alpha value is -1.91. The first-order chi connectivity index (χ1) is 9.78. The highest BCUT2D eigenvalue weighted by molar-refractivity contribution is 5.86.